The third kappa shape index (κ3) is 4.22. The van der Waals surface area contributed by atoms with Crippen LogP contribution in [0.3, 0.4) is 0 Å². The third-order valence-electron chi connectivity index (χ3n) is 3.56. The number of hydrogen-bond acceptors (Lipinski definition) is 4. The first-order valence-electron chi connectivity index (χ1n) is 7.68. The monoisotopic (exact) mass is 386 g/mol. The Labute approximate surface area is 159 Å². The van der Waals surface area contributed by atoms with Crippen molar-refractivity contribution < 1.29 is 14.3 Å². The van der Waals surface area contributed by atoms with Crippen LogP contribution in [0.4, 0.5) is 11.4 Å². The Morgan fingerprint density at radius 3 is 2.31 bits per heavy atom. The van der Waals surface area contributed by atoms with Crippen LogP contribution in [0.2, 0.25) is 4.34 Å². The summed E-state index contributed by atoms with van der Waals surface area (Å²) in [6.45, 7) is 0. The van der Waals surface area contributed by atoms with Gasteiger partial charge in [-0.1, -0.05) is 23.7 Å². The number of amides is 2. The smallest absolute Gasteiger partial charge is 0.265 e. The molecule has 0 aliphatic rings. The van der Waals surface area contributed by atoms with Crippen molar-refractivity contribution >= 4 is 46.1 Å². The Balaban J connectivity index is 1.67. The maximum absolute atomic E-state index is 12.4. The lowest BCUT2D eigenvalue weighted by atomic mass is 10.2. The molecule has 0 spiro atoms. The highest BCUT2D eigenvalue weighted by molar-refractivity contribution is 7.18. The van der Waals surface area contributed by atoms with Gasteiger partial charge in [0.2, 0.25) is 0 Å². The Hall–Kier alpha value is -2.83. The van der Waals surface area contributed by atoms with Crippen molar-refractivity contribution in [3.63, 3.8) is 0 Å². The number of rotatable bonds is 5. The summed E-state index contributed by atoms with van der Waals surface area (Å²) < 4.78 is 5.77. The zero-order valence-electron chi connectivity index (χ0n) is 13.8. The number of para-hydroxylation sites is 2. The van der Waals surface area contributed by atoms with E-state index in [1.54, 1.807) is 55.6 Å². The summed E-state index contributed by atoms with van der Waals surface area (Å²) >= 11 is 7.04. The first kappa shape index (κ1) is 18.0. The topological polar surface area (TPSA) is 67.4 Å². The number of benzene rings is 2. The van der Waals surface area contributed by atoms with Crippen LogP contribution in [0.15, 0.2) is 60.7 Å². The van der Waals surface area contributed by atoms with Crippen LogP contribution >= 0.6 is 22.9 Å². The number of carbonyl (C=O) groups is 2. The maximum atomic E-state index is 12.4. The average Bonchev–Trinajstić information content (AvgIpc) is 3.09. The molecular weight excluding hydrogens is 372 g/mol. The van der Waals surface area contributed by atoms with Gasteiger partial charge in [0.1, 0.15) is 5.75 Å². The zero-order chi connectivity index (χ0) is 18.5. The second-order valence-corrected chi connectivity index (χ2v) is 7.00. The second-order valence-electron chi connectivity index (χ2n) is 5.29. The molecule has 2 aromatic carbocycles. The summed E-state index contributed by atoms with van der Waals surface area (Å²) in [4.78, 5) is 25.0. The lowest BCUT2D eigenvalue weighted by Crippen LogP contribution is -2.13. The zero-order valence-corrected chi connectivity index (χ0v) is 15.4. The van der Waals surface area contributed by atoms with Crippen molar-refractivity contribution in [2.75, 3.05) is 17.7 Å². The van der Waals surface area contributed by atoms with E-state index in [2.05, 4.69) is 10.6 Å². The largest absolute Gasteiger partial charge is 0.495 e. The molecule has 0 saturated heterocycles. The van der Waals surface area contributed by atoms with E-state index in [0.29, 0.717) is 31.9 Å². The van der Waals surface area contributed by atoms with Crippen LogP contribution in [0.1, 0.15) is 20.0 Å². The summed E-state index contributed by atoms with van der Waals surface area (Å²) in [5.74, 6) is 0.0740. The minimum absolute atomic E-state index is 0.242. The Morgan fingerprint density at radius 1 is 0.923 bits per heavy atom. The quantitative estimate of drug-likeness (QED) is 0.654. The van der Waals surface area contributed by atoms with Gasteiger partial charge >= 0.3 is 0 Å². The molecule has 0 aliphatic heterocycles. The highest BCUT2D eigenvalue weighted by Crippen LogP contribution is 2.24. The van der Waals surface area contributed by atoms with E-state index in [1.807, 2.05) is 12.1 Å². The van der Waals surface area contributed by atoms with Gasteiger partial charge in [-0.3, -0.25) is 9.59 Å². The molecule has 1 heterocycles. The highest BCUT2D eigenvalue weighted by atomic mass is 35.5. The summed E-state index contributed by atoms with van der Waals surface area (Å²) in [6, 6.07) is 17.1. The molecule has 0 atom stereocenters. The van der Waals surface area contributed by atoms with E-state index in [0.717, 1.165) is 0 Å². The molecule has 2 amide bonds. The minimum Gasteiger partial charge on any atom is -0.495 e. The molecule has 2 N–H and O–H groups in total. The van der Waals surface area contributed by atoms with Crippen molar-refractivity contribution in [1.82, 2.24) is 0 Å². The van der Waals surface area contributed by atoms with Gasteiger partial charge in [-0.25, -0.2) is 0 Å². The first-order chi connectivity index (χ1) is 12.6. The van der Waals surface area contributed by atoms with Gasteiger partial charge in [-0.05, 0) is 48.5 Å². The summed E-state index contributed by atoms with van der Waals surface area (Å²) in [7, 11) is 1.54. The van der Waals surface area contributed by atoms with Crippen LogP contribution in [0.5, 0.6) is 5.75 Å². The number of methoxy groups -OCH3 is 1. The summed E-state index contributed by atoms with van der Waals surface area (Å²) in [5, 5.41) is 5.57. The van der Waals surface area contributed by atoms with Crippen molar-refractivity contribution in [3.05, 3.63) is 75.4 Å². The lowest BCUT2D eigenvalue weighted by molar-refractivity contribution is 0.102. The van der Waals surface area contributed by atoms with E-state index in [9.17, 15) is 9.59 Å². The molecule has 1 aromatic heterocycles. The van der Waals surface area contributed by atoms with Crippen LogP contribution in [-0.4, -0.2) is 18.9 Å². The lowest BCUT2D eigenvalue weighted by Gasteiger charge is -2.10. The molecule has 0 fully saturated rings. The first-order valence-corrected chi connectivity index (χ1v) is 8.87. The molecule has 0 saturated carbocycles. The predicted octanol–water partition coefficient (Wildman–Crippen LogP) is 4.91. The summed E-state index contributed by atoms with van der Waals surface area (Å²) in [5.41, 5.74) is 1.65. The number of halogens is 1. The molecule has 0 unspecified atom stereocenters. The molecule has 132 valence electrons. The van der Waals surface area contributed by atoms with E-state index < -0.39 is 0 Å². The van der Waals surface area contributed by atoms with Gasteiger partial charge in [-0.15, -0.1) is 11.3 Å². The SMILES string of the molecule is COc1ccccc1NC(=O)c1ccc(NC(=O)c2ccc(Cl)s2)cc1. The van der Waals surface area contributed by atoms with Crippen molar-refractivity contribution in [3.8, 4) is 5.75 Å². The fourth-order valence-electron chi connectivity index (χ4n) is 2.28. The second kappa shape index (κ2) is 8.03. The van der Waals surface area contributed by atoms with E-state index in [-0.39, 0.29) is 11.8 Å². The van der Waals surface area contributed by atoms with Crippen LogP contribution in [0, 0.1) is 0 Å². The summed E-state index contributed by atoms with van der Waals surface area (Å²) in [6.07, 6.45) is 0. The van der Waals surface area contributed by atoms with Crippen molar-refractivity contribution in [2.45, 2.75) is 0 Å². The Morgan fingerprint density at radius 2 is 1.65 bits per heavy atom. The molecule has 0 bridgehead atoms. The van der Waals surface area contributed by atoms with Crippen molar-refractivity contribution in [1.29, 1.82) is 0 Å². The van der Waals surface area contributed by atoms with Crippen LogP contribution < -0.4 is 15.4 Å². The number of thiophene rings is 1. The molecule has 0 aliphatic carbocycles. The molecule has 7 heteroatoms. The van der Waals surface area contributed by atoms with E-state index in [1.165, 1.54) is 11.3 Å². The maximum Gasteiger partial charge on any atom is 0.265 e. The number of ether oxygens (including phenoxy) is 1. The van der Waals surface area contributed by atoms with Gasteiger partial charge in [-0.2, -0.15) is 0 Å². The Kier molecular flexibility index (Phi) is 5.55. The van der Waals surface area contributed by atoms with Gasteiger partial charge < -0.3 is 15.4 Å². The van der Waals surface area contributed by atoms with Crippen LogP contribution in [-0.2, 0) is 0 Å². The molecule has 5 nitrogen and oxygen atoms in total. The third-order valence-corrected chi connectivity index (χ3v) is 4.79. The minimum atomic E-state index is -0.266. The molecule has 3 rings (SSSR count). The highest BCUT2D eigenvalue weighted by Gasteiger charge is 2.11. The number of nitrogens with one attached hydrogen (secondary N) is 2. The van der Waals surface area contributed by atoms with Gasteiger partial charge in [0.25, 0.3) is 11.8 Å². The normalized spacial score (nSPS) is 10.2. The fourth-order valence-corrected chi connectivity index (χ4v) is 3.21. The van der Waals surface area contributed by atoms with Gasteiger partial charge in [0, 0.05) is 11.3 Å². The fraction of sp³-hybridized carbons (Fsp3) is 0.0526. The number of anilines is 2. The van der Waals surface area contributed by atoms with E-state index >= 15 is 0 Å². The van der Waals surface area contributed by atoms with Crippen LogP contribution in [0.25, 0.3) is 0 Å². The van der Waals surface area contributed by atoms with Gasteiger partial charge in [0.15, 0.2) is 0 Å². The molecule has 3 aromatic rings. The molecule has 26 heavy (non-hydrogen) atoms. The Bertz CT molecular complexity index is 938. The number of carbonyl (C=O) groups excluding carboxylic acids is 2. The van der Waals surface area contributed by atoms with Gasteiger partial charge in [0.05, 0.1) is 22.0 Å². The van der Waals surface area contributed by atoms with Crippen molar-refractivity contribution in [2.24, 2.45) is 0 Å². The molecule has 0 radical (unpaired) electrons. The average molecular weight is 387 g/mol. The van der Waals surface area contributed by atoms with E-state index in [4.69, 9.17) is 16.3 Å². The standard InChI is InChI=1S/C19H15ClN2O3S/c1-25-15-5-3-2-4-14(15)22-18(23)12-6-8-13(9-7-12)21-19(24)16-10-11-17(20)26-16/h2-11H,1H3,(H,21,24)(H,22,23). The number of hydrogen-bond donors (Lipinski definition) is 2. The molecular formula is C19H15ClN2O3S. The predicted molar refractivity (Wildman–Crippen MR) is 105 cm³/mol.